The number of carbonyl (C=O) groups is 1. The third kappa shape index (κ3) is 3.35. The second-order valence-corrected chi connectivity index (χ2v) is 9.69. The molecular formula is C18H20ClFIN3O2. The predicted octanol–water partition coefficient (Wildman–Crippen LogP) is 4.18. The number of halogens is 3. The molecule has 0 aromatic carbocycles. The molecule has 0 radical (unpaired) electrons. The Kier molecular flexibility index (Phi) is 5.07. The molecule has 2 aliphatic rings. The zero-order valence-corrected chi connectivity index (χ0v) is 17.6. The van der Waals surface area contributed by atoms with E-state index < -0.39 is 9.09 Å². The second-order valence-electron chi connectivity index (χ2n) is 7.07. The minimum Gasteiger partial charge on any atom is -0.488 e. The Morgan fingerprint density at radius 1 is 1.69 bits per heavy atom. The van der Waals surface area contributed by atoms with Crippen LogP contribution in [0.4, 0.5) is 4.39 Å². The Bertz CT molecular complexity index is 795. The van der Waals surface area contributed by atoms with Crippen molar-refractivity contribution in [1.29, 1.82) is 5.41 Å². The summed E-state index contributed by atoms with van der Waals surface area (Å²) in [5.74, 6) is 0.128. The fourth-order valence-electron chi connectivity index (χ4n) is 3.33. The highest BCUT2D eigenvalue weighted by molar-refractivity contribution is 14.1. The van der Waals surface area contributed by atoms with E-state index in [1.54, 1.807) is 39.8 Å². The molecule has 140 valence electrons. The minimum atomic E-state index is -1.45. The van der Waals surface area contributed by atoms with Crippen molar-refractivity contribution in [2.75, 3.05) is 13.2 Å². The maximum absolute atomic E-state index is 13.6. The lowest BCUT2D eigenvalue weighted by Crippen LogP contribution is -2.39. The van der Waals surface area contributed by atoms with Gasteiger partial charge in [-0.3, -0.25) is 15.2 Å². The molecule has 3 unspecified atom stereocenters. The van der Waals surface area contributed by atoms with E-state index in [1.807, 2.05) is 26.0 Å². The van der Waals surface area contributed by atoms with Gasteiger partial charge in [0.1, 0.15) is 17.5 Å². The van der Waals surface area contributed by atoms with Gasteiger partial charge in [0.2, 0.25) is 5.91 Å². The van der Waals surface area contributed by atoms with Gasteiger partial charge < -0.3 is 9.64 Å². The number of aromatic nitrogens is 1. The van der Waals surface area contributed by atoms with E-state index in [-0.39, 0.29) is 29.6 Å². The lowest BCUT2D eigenvalue weighted by atomic mass is 9.70. The van der Waals surface area contributed by atoms with Crippen molar-refractivity contribution in [3.63, 3.8) is 0 Å². The van der Waals surface area contributed by atoms with Gasteiger partial charge in [0.25, 0.3) is 0 Å². The summed E-state index contributed by atoms with van der Waals surface area (Å²) < 4.78 is 17.6. The molecule has 0 spiro atoms. The van der Waals surface area contributed by atoms with E-state index in [4.69, 9.17) is 21.7 Å². The Morgan fingerprint density at radius 2 is 2.38 bits per heavy atom. The number of alkyl halides is 2. The Morgan fingerprint density at radius 3 is 2.85 bits per heavy atom. The van der Waals surface area contributed by atoms with Crippen LogP contribution in [-0.4, -0.2) is 37.8 Å². The van der Waals surface area contributed by atoms with Crippen molar-refractivity contribution in [2.45, 2.75) is 30.5 Å². The number of aryl methyl sites for hydroxylation is 1. The number of hydrogen-bond acceptors (Lipinski definition) is 4. The predicted molar refractivity (Wildman–Crippen MR) is 107 cm³/mol. The van der Waals surface area contributed by atoms with Crippen LogP contribution >= 0.6 is 34.2 Å². The normalized spacial score (nSPS) is 27.5. The summed E-state index contributed by atoms with van der Waals surface area (Å²) in [6.45, 7) is 5.52. The van der Waals surface area contributed by atoms with E-state index in [0.717, 1.165) is 11.3 Å². The number of nitrogens with one attached hydrogen (secondary N) is 1. The number of amides is 1. The number of nitrogens with zero attached hydrogens (tertiary/aromatic N) is 2. The third-order valence-electron chi connectivity index (χ3n) is 4.99. The highest BCUT2D eigenvalue weighted by Gasteiger charge is 2.57. The number of rotatable bonds is 6. The first-order chi connectivity index (χ1) is 12.0. The molecule has 4 atom stereocenters. The second kappa shape index (κ2) is 6.74. The van der Waals surface area contributed by atoms with Crippen LogP contribution in [0.5, 0.6) is 5.75 Å². The van der Waals surface area contributed by atoms with Gasteiger partial charge in [0.15, 0.2) is 3.68 Å². The lowest BCUT2D eigenvalue weighted by Gasteiger charge is -2.33. The summed E-state index contributed by atoms with van der Waals surface area (Å²) in [6, 6.07) is 1.59. The maximum atomic E-state index is 13.6. The van der Waals surface area contributed by atoms with E-state index in [0.29, 0.717) is 12.3 Å². The molecule has 8 heteroatoms. The van der Waals surface area contributed by atoms with Gasteiger partial charge in [-0.1, -0.05) is 23.8 Å². The molecule has 1 fully saturated rings. The first-order valence-electron chi connectivity index (χ1n) is 8.27. The Balaban J connectivity index is 1.77. The summed E-state index contributed by atoms with van der Waals surface area (Å²) >= 11 is 7.65. The van der Waals surface area contributed by atoms with Gasteiger partial charge >= 0.3 is 0 Å². The smallest absolute Gasteiger partial charge is 0.231 e. The fourth-order valence-corrected chi connectivity index (χ4v) is 3.73. The number of fused-ring (bicyclic) bond motifs is 1. The molecule has 0 bridgehead atoms. The molecule has 1 aliphatic heterocycles. The molecule has 5 nitrogen and oxygen atoms in total. The van der Waals surface area contributed by atoms with E-state index in [2.05, 4.69) is 4.98 Å². The maximum Gasteiger partial charge on any atom is 0.231 e. The molecule has 26 heavy (non-hydrogen) atoms. The fraction of sp³-hybridized carbons (Fsp3) is 0.500. The summed E-state index contributed by atoms with van der Waals surface area (Å²) in [6.07, 6.45) is 5.21. The summed E-state index contributed by atoms with van der Waals surface area (Å²) in [4.78, 5) is 18.8. The van der Waals surface area contributed by atoms with Crippen molar-refractivity contribution in [2.24, 2.45) is 11.3 Å². The highest BCUT2D eigenvalue weighted by Crippen LogP contribution is 2.50. The molecule has 2 heterocycles. The van der Waals surface area contributed by atoms with Crippen LogP contribution in [0.3, 0.4) is 0 Å². The van der Waals surface area contributed by atoms with Gasteiger partial charge in [-0.15, -0.1) is 0 Å². The molecule has 0 saturated carbocycles. The first-order valence-corrected chi connectivity index (χ1v) is 9.72. The van der Waals surface area contributed by atoms with Gasteiger partial charge in [-0.2, -0.15) is 0 Å². The zero-order valence-electron chi connectivity index (χ0n) is 14.7. The number of likely N-dealkylation sites (tertiary alicyclic amines) is 1. The molecule has 1 amide bonds. The van der Waals surface area contributed by atoms with E-state index in [9.17, 15) is 9.18 Å². The summed E-state index contributed by atoms with van der Waals surface area (Å²) in [5, 5.41) is 7.82. The topological polar surface area (TPSA) is 66.3 Å². The SMILES string of the molecule is Cc1cc(C(C)N2C[C@@]3(C(=N)Cl)C=CC3C2=O)ncc1OCC(C)(F)I. The molecule has 1 aromatic heterocycles. The number of hydrogen-bond donors (Lipinski definition) is 1. The van der Waals surface area contributed by atoms with Gasteiger partial charge in [0, 0.05) is 6.54 Å². The average molecular weight is 492 g/mol. The lowest BCUT2D eigenvalue weighted by molar-refractivity contribution is -0.132. The number of pyridine rings is 1. The summed E-state index contributed by atoms with van der Waals surface area (Å²) in [7, 11) is 0. The minimum absolute atomic E-state index is 0.00555. The van der Waals surface area contributed by atoms with Crippen molar-refractivity contribution < 1.29 is 13.9 Å². The molecule has 1 aliphatic carbocycles. The van der Waals surface area contributed by atoms with Gasteiger partial charge in [0.05, 0.1) is 29.3 Å². The largest absolute Gasteiger partial charge is 0.488 e. The third-order valence-corrected chi connectivity index (χ3v) is 5.65. The quantitative estimate of drug-likeness (QED) is 0.281. The van der Waals surface area contributed by atoms with Crippen LogP contribution in [0.15, 0.2) is 24.4 Å². The molecule has 3 rings (SSSR count). The van der Waals surface area contributed by atoms with E-state index >= 15 is 0 Å². The van der Waals surface area contributed by atoms with Crippen molar-refractivity contribution in [1.82, 2.24) is 9.88 Å². The van der Waals surface area contributed by atoms with Crippen LogP contribution in [0.2, 0.25) is 0 Å². The van der Waals surface area contributed by atoms with Crippen LogP contribution in [0.25, 0.3) is 0 Å². The highest BCUT2D eigenvalue weighted by atomic mass is 127. The molecule has 1 saturated heterocycles. The van der Waals surface area contributed by atoms with Gasteiger partial charge in [-0.05, 0) is 55.0 Å². The van der Waals surface area contributed by atoms with Crippen molar-refractivity contribution in [3.8, 4) is 5.75 Å². The monoisotopic (exact) mass is 491 g/mol. The zero-order chi connectivity index (χ0) is 19.3. The summed E-state index contributed by atoms with van der Waals surface area (Å²) in [5.41, 5.74) is 0.866. The molecule has 1 N–H and O–H groups in total. The first kappa shape index (κ1) is 19.5. The van der Waals surface area contributed by atoms with Crippen molar-refractivity contribution in [3.05, 3.63) is 35.7 Å². The Labute approximate surface area is 170 Å². The standard InChI is InChI=1S/C18H20ClFIN3O2/c1-10-6-13(23-7-14(10)26-9-17(3,20)21)11(2)24-8-18(16(19)22)5-4-12(18)15(24)25/h4-7,11-12,22H,8-9H2,1-3H3/t11?,12?,17?,18-/m0/s1. The van der Waals surface area contributed by atoms with Gasteiger partial charge in [-0.25, -0.2) is 4.39 Å². The Hall–Kier alpha value is -1.22. The van der Waals surface area contributed by atoms with E-state index in [1.165, 1.54) is 6.92 Å². The van der Waals surface area contributed by atoms with Crippen LogP contribution in [-0.2, 0) is 4.79 Å². The number of ether oxygens (including phenoxy) is 1. The van der Waals surface area contributed by atoms with Crippen LogP contribution < -0.4 is 4.74 Å². The number of carbonyl (C=O) groups excluding carboxylic acids is 1. The van der Waals surface area contributed by atoms with Crippen molar-refractivity contribution >= 4 is 45.3 Å². The van der Waals surface area contributed by atoms with Crippen LogP contribution in [0, 0.1) is 23.7 Å². The molecular weight excluding hydrogens is 472 g/mol. The van der Waals surface area contributed by atoms with Crippen LogP contribution in [0.1, 0.15) is 31.1 Å². The molecule has 1 aromatic rings. The average Bonchev–Trinajstić information content (AvgIpc) is 2.71.